The van der Waals surface area contributed by atoms with E-state index in [2.05, 4.69) is 40.1 Å². The molecule has 0 N–H and O–H groups in total. The summed E-state index contributed by atoms with van der Waals surface area (Å²) in [6.45, 7) is 3.25. The lowest BCUT2D eigenvalue weighted by Crippen LogP contribution is -2.54. The van der Waals surface area contributed by atoms with Gasteiger partial charge in [0.25, 0.3) is 0 Å². The minimum absolute atomic E-state index is 0.263. The maximum atomic E-state index is 12.4. The number of Topliss-reactive ketones (excluding diaryl/α,β-unsaturated/α-hetero) is 1. The van der Waals surface area contributed by atoms with Crippen molar-refractivity contribution in [3.8, 4) is 6.07 Å². The second-order valence-electron chi connectivity index (χ2n) is 8.78. The van der Waals surface area contributed by atoms with E-state index in [1.54, 1.807) is 0 Å². The van der Waals surface area contributed by atoms with Gasteiger partial charge in [-0.25, -0.2) is 0 Å². The zero-order valence-electron chi connectivity index (χ0n) is 17.3. The highest BCUT2D eigenvalue weighted by Crippen LogP contribution is 2.33. The van der Waals surface area contributed by atoms with Crippen LogP contribution in [0, 0.1) is 11.3 Å². The van der Waals surface area contributed by atoms with Gasteiger partial charge in [-0.05, 0) is 62.1 Å². The van der Waals surface area contributed by atoms with Crippen LogP contribution in [0.2, 0.25) is 0 Å². The average Bonchev–Trinajstić information content (AvgIpc) is 3.01. The highest BCUT2D eigenvalue weighted by molar-refractivity contribution is 6.03. The summed E-state index contributed by atoms with van der Waals surface area (Å²) in [5.74, 6) is 0.263. The molecule has 30 heavy (non-hydrogen) atoms. The summed E-state index contributed by atoms with van der Waals surface area (Å²) in [6.07, 6.45) is 7.48. The van der Waals surface area contributed by atoms with Crippen LogP contribution in [0.25, 0.3) is 6.08 Å². The number of hydrogen-bond donors (Lipinski definition) is 0. The summed E-state index contributed by atoms with van der Waals surface area (Å²) in [7, 11) is 0. The Hall–Kier alpha value is -2.90. The van der Waals surface area contributed by atoms with Crippen molar-refractivity contribution in [3.05, 3.63) is 70.8 Å². The molecule has 2 aromatic carbocycles. The van der Waals surface area contributed by atoms with Crippen LogP contribution in [-0.4, -0.2) is 42.4 Å². The monoisotopic (exact) mass is 397 g/mol. The number of nitriles is 1. The van der Waals surface area contributed by atoms with Crippen molar-refractivity contribution in [2.75, 3.05) is 24.5 Å². The zero-order chi connectivity index (χ0) is 20.5. The van der Waals surface area contributed by atoms with Crippen molar-refractivity contribution in [3.63, 3.8) is 0 Å². The van der Waals surface area contributed by atoms with Crippen molar-refractivity contribution in [1.82, 2.24) is 4.90 Å². The van der Waals surface area contributed by atoms with E-state index >= 15 is 0 Å². The summed E-state index contributed by atoms with van der Waals surface area (Å²) in [5, 5.41) is 9.01. The van der Waals surface area contributed by atoms with Crippen molar-refractivity contribution in [1.29, 1.82) is 5.26 Å². The summed E-state index contributed by atoms with van der Waals surface area (Å²) < 4.78 is 0. The quantitative estimate of drug-likeness (QED) is 0.736. The van der Waals surface area contributed by atoms with Crippen molar-refractivity contribution in [2.24, 2.45) is 0 Å². The molecule has 2 atom stereocenters. The molecule has 2 unspecified atom stereocenters. The SMILES string of the molecule is N#Cc1ccc(N2CC3CCC(C2)N3CCCC2=Cc3ccccc3C(=O)C2)cc1. The molecule has 2 aromatic rings. The summed E-state index contributed by atoms with van der Waals surface area (Å²) in [5.41, 5.74) is 5.19. The van der Waals surface area contributed by atoms with Crippen LogP contribution in [0.1, 0.15) is 53.6 Å². The molecule has 4 nitrogen and oxygen atoms in total. The van der Waals surface area contributed by atoms with E-state index < -0.39 is 0 Å². The van der Waals surface area contributed by atoms with Crippen LogP contribution in [0.4, 0.5) is 5.69 Å². The van der Waals surface area contributed by atoms with Gasteiger partial charge >= 0.3 is 0 Å². The molecule has 2 heterocycles. The number of anilines is 1. The predicted octanol–water partition coefficient (Wildman–Crippen LogP) is 4.66. The topological polar surface area (TPSA) is 47.3 Å². The average molecular weight is 398 g/mol. The zero-order valence-corrected chi connectivity index (χ0v) is 17.3. The number of benzene rings is 2. The Balaban J connectivity index is 1.18. The van der Waals surface area contributed by atoms with Gasteiger partial charge in [-0.15, -0.1) is 0 Å². The van der Waals surface area contributed by atoms with Gasteiger partial charge in [-0.2, -0.15) is 5.26 Å². The number of fused-ring (bicyclic) bond motifs is 3. The lowest BCUT2D eigenvalue weighted by Gasteiger charge is -2.42. The molecule has 1 aliphatic carbocycles. The Morgan fingerprint density at radius 1 is 1.00 bits per heavy atom. The van der Waals surface area contributed by atoms with Crippen LogP contribution >= 0.6 is 0 Å². The first kappa shape index (κ1) is 19.1. The fourth-order valence-corrected chi connectivity index (χ4v) is 5.41. The van der Waals surface area contributed by atoms with Gasteiger partial charge in [0.2, 0.25) is 0 Å². The summed E-state index contributed by atoms with van der Waals surface area (Å²) in [4.78, 5) is 17.6. The number of piperazine rings is 1. The largest absolute Gasteiger partial charge is 0.368 e. The standard InChI is InChI=1S/C26H27N3O/c27-16-19-7-9-22(10-8-19)28-17-23-11-12-24(18-28)29(23)13-3-4-20-14-21-5-1-2-6-25(21)26(30)15-20/h1-2,5-10,14,23-24H,3-4,11-13,15,17-18H2. The molecule has 0 amide bonds. The van der Waals surface area contributed by atoms with Crippen molar-refractivity contribution >= 4 is 17.5 Å². The highest BCUT2D eigenvalue weighted by atomic mass is 16.1. The van der Waals surface area contributed by atoms with E-state index in [1.807, 2.05) is 30.3 Å². The minimum Gasteiger partial charge on any atom is -0.368 e. The highest BCUT2D eigenvalue weighted by Gasteiger charge is 2.39. The molecule has 2 fully saturated rings. The number of nitrogens with zero attached hydrogens (tertiary/aromatic N) is 3. The Morgan fingerprint density at radius 2 is 1.73 bits per heavy atom. The van der Waals surface area contributed by atoms with Gasteiger partial charge in [-0.3, -0.25) is 9.69 Å². The van der Waals surface area contributed by atoms with Crippen LogP contribution in [0.15, 0.2) is 54.1 Å². The van der Waals surface area contributed by atoms with Gasteiger partial charge in [-0.1, -0.05) is 35.9 Å². The molecule has 0 spiro atoms. The number of allylic oxidation sites excluding steroid dienone is 1. The third kappa shape index (κ3) is 3.66. The molecule has 2 aliphatic heterocycles. The predicted molar refractivity (Wildman–Crippen MR) is 119 cm³/mol. The van der Waals surface area contributed by atoms with E-state index in [-0.39, 0.29) is 5.78 Å². The van der Waals surface area contributed by atoms with E-state index in [0.29, 0.717) is 18.5 Å². The fourth-order valence-electron chi connectivity index (χ4n) is 5.41. The summed E-state index contributed by atoms with van der Waals surface area (Å²) in [6, 6.07) is 19.4. The molecule has 5 rings (SSSR count). The smallest absolute Gasteiger partial charge is 0.167 e. The van der Waals surface area contributed by atoms with E-state index in [1.165, 1.54) is 24.1 Å². The van der Waals surface area contributed by atoms with Crippen molar-refractivity contribution in [2.45, 2.75) is 44.2 Å². The van der Waals surface area contributed by atoms with E-state index in [9.17, 15) is 4.79 Å². The molecule has 0 saturated carbocycles. The molecule has 0 radical (unpaired) electrons. The first-order chi connectivity index (χ1) is 14.7. The lowest BCUT2D eigenvalue weighted by atomic mass is 9.89. The number of hydrogen-bond acceptors (Lipinski definition) is 4. The first-order valence-electron chi connectivity index (χ1n) is 11.0. The normalized spacial score (nSPS) is 23.1. The van der Waals surface area contributed by atoms with Crippen LogP contribution < -0.4 is 4.90 Å². The van der Waals surface area contributed by atoms with Gasteiger partial charge < -0.3 is 4.90 Å². The van der Waals surface area contributed by atoms with E-state index in [0.717, 1.165) is 49.2 Å². The van der Waals surface area contributed by atoms with Crippen LogP contribution in [-0.2, 0) is 0 Å². The molecule has 3 aliphatic rings. The first-order valence-corrected chi connectivity index (χ1v) is 11.0. The van der Waals surface area contributed by atoms with Crippen molar-refractivity contribution < 1.29 is 4.79 Å². The number of carbonyl (C=O) groups excluding carboxylic acids is 1. The third-order valence-corrected chi connectivity index (χ3v) is 6.92. The van der Waals surface area contributed by atoms with Crippen LogP contribution in [0.5, 0.6) is 0 Å². The molecule has 0 aromatic heterocycles. The Morgan fingerprint density at radius 3 is 2.47 bits per heavy atom. The second kappa shape index (κ2) is 8.08. The van der Waals surface area contributed by atoms with Gasteiger partial charge in [0.1, 0.15) is 0 Å². The molecular formula is C26H27N3O. The fraction of sp³-hybridized carbons (Fsp3) is 0.385. The maximum Gasteiger partial charge on any atom is 0.167 e. The Labute approximate surface area is 178 Å². The third-order valence-electron chi connectivity index (χ3n) is 6.92. The van der Waals surface area contributed by atoms with Gasteiger partial charge in [0.15, 0.2) is 5.78 Å². The Kier molecular flexibility index (Phi) is 5.14. The maximum absolute atomic E-state index is 12.4. The second-order valence-corrected chi connectivity index (χ2v) is 8.78. The van der Waals surface area contributed by atoms with Gasteiger partial charge in [0, 0.05) is 42.8 Å². The molecule has 2 bridgehead atoms. The van der Waals surface area contributed by atoms with E-state index in [4.69, 9.17) is 5.26 Å². The minimum atomic E-state index is 0.263. The number of carbonyl (C=O) groups is 1. The van der Waals surface area contributed by atoms with Crippen LogP contribution in [0.3, 0.4) is 0 Å². The van der Waals surface area contributed by atoms with Gasteiger partial charge in [0.05, 0.1) is 11.6 Å². The number of ketones is 1. The molecule has 4 heteroatoms. The molecule has 152 valence electrons. The number of rotatable bonds is 5. The molecular weight excluding hydrogens is 370 g/mol. The summed E-state index contributed by atoms with van der Waals surface area (Å²) >= 11 is 0. The lowest BCUT2D eigenvalue weighted by molar-refractivity contribution is 0.0990. The molecule has 2 saturated heterocycles. The Bertz CT molecular complexity index is 1000.